The standard InChI is InChI=1S/C18H34O4/c1-3-4-8-11-16-17(22-16)12-9-6-5-7-10-13-18(20)21-14-15(2)19/h15-17,19H,3-14H2,1-2H3. The van der Waals surface area contributed by atoms with Gasteiger partial charge in [0.25, 0.3) is 0 Å². The molecule has 1 fully saturated rings. The van der Waals surface area contributed by atoms with Crippen molar-refractivity contribution in [3.63, 3.8) is 0 Å². The molecule has 22 heavy (non-hydrogen) atoms. The SMILES string of the molecule is CCCCCC1OC1CCCCCCCC(=O)OCC(C)O. The predicted octanol–water partition coefficient (Wildman–Crippen LogP) is 3.99. The molecule has 0 saturated carbocycles. The Labute approximate surface area is 135 Å². The third-order valence-electron chi connectivity index (χ3n) is 4.13. The Hall–Kier alpha value is -0.610. The zero-order valence-electron chi connectivity index (χ0n) is 14.4. The van der Waals surface area contributed by atoms with E-state index in [2.05, 4.69) is 6.92 Å². The van der Waals surface area contributed by atoms with Crippen LogP contribution >= 0.6 is 0 Å². The highest BCUT2D eigenvalue weighted by Gasteiger charge is 2.36. The number of esters is 1. The van der Waals surface area contributed by atoms with E-state index in [-0.39, 0.29) is 12.6 Å². The van der Waals surface area contributed by atoms with Gasteiger partial charge in [-0.15, -0.1) is 0 Å². The van der Waals surface area contributed by atoms with Crippen LogP contribution in [0.25, 0.3) is 0 Å². The summed E-state index contributed by atoms with van der Waals surface area (Å²) in [6.07, 6.45) is 13.0. The summed E-state index contributed by atoms with van der Waals surface area (Å²) >= 11 is 0. The summed E-state index contributed by atoms with van der Waals surface area (Å²) in [4.78, 5) is 11.3. The summed E-state index contributed by atoms with van der Waals surface area (Å²) in [5, 5.41) is 9.01. The second kappa shape index (κ2) is 11.9. The second-order valence-electron chi connectivity index (χ2n) is 6.55. The van der Waals surface area contributed by atoms with Gasteiger partial charge in [0.2, 0.25) is 0 Å². The molecule has 0 aromatic heterocycles. The zero-order chi connectivity index (χ0) is 16.2. The summed E-state index contributed by atoms with van der Waals surface area (Å²) in [5.41, 5.74) is 0. The monoisotopic (exact) mass is 314 g/mol. The third-order valence-corrected chi connectivity index (χ3v) is 4.13. The van der Waals surface area contributed by atoms with Crippen molar-refractivity contribution in [3.05, 3.63) is 0 Å². The Bertz CT molecular complexity index is 291. The van der Waals surface area contributed by atoms with E-state index in [0.29, 0.717) is 18.6 Å². The lowest BCUT2D eigenvalue weighted by molar-refractivity contribution is -0.146. The van der Waals surface area contributed by atoms with Crippen molar-refractivity contribution in [3.8, 4) is 0 Å². The lowest BCUT2D eigenvalue weighted by atomic mass is 10.0. The van der Waals surface area contributed by atoms with Crippen molar-refractivity contribution in [2.45, 2.75) is 103 Å². The van der Waals surface area contributed by atoms with Gasteiger partial charge in [-0.25, -0.2) is 0 Å². The largest absolute Gasteiger partial charge is 0.463 e. The fraction of sp³-hybridized carbons (Fsp3) is 0.944. The average molecular weight is 314 g/mol. The maximum Gasteiger partial charge on any atom is 0.305 e. The van der Waals surface area contributed by atoms with E-state index in [9.17, 15) is 4.79 Å². The third kappa shape index (κ3) is 10.2. The fourth-order valence-corrected chi connectivity index (χ4v) is 2.71. The second-order valence-corrected chi connectivity index (χ2v) is 6.55. The summed E-state index contributed by atoms with van der Waals surface area (Å²) in [6.45, 7) is 3.96. The van der Waals surface area contributed by atoms with Crippen molar-refractivity contribution >= 4 is 5.97 Å². The summed E-state index contributed by atoms with van der Waals surface area (Å²) in [7, 11) is 0. The van der Waals surface area contributed by atoms with Crippen LogP contribution in [0.4, 0.5) is 0 Å². The first-order valence-electron chi connectivity index (χ1n) is 9.12. The first-order valence-corrected chi connectivity index (χ1v) is 9.12. The highest BCUT2D eigenvalue weighted by Crippen LogP contribution is 2.31. The molecule has 1 N–H and O–H groups in total. The maximum atomic E-state index is 11.3. The van der Waals surface area contributed by atoms with Gasteiger partial charge in [0.15, 0.2) is 0 Å². The average Bonchev–Trinajstić information content (AvgIpc) is 3.23. The van der Waals surface area contributed by atoms with Crippen LogP contribution in [-0.2, 0) is 14.3 Å². The number of carbonyl (C=O) groups excluding carboxylic acids is 1. The molecule has 3 atom stereocenters. The van der Waals surface area contributed by atoms with Crippen molar-refractivity contribution in [1.82, 2.24) is 0 Å². The van der Waals surface area contributed by atoms with Crippen molar-refractivity contribution in [2.75, 3.05) is 6.61 Å². The zero-order valence-corrected chi connectivity index (χ0v) is 14.4. The van der Waals surface area contributed by atoms with E-state index in [0.717, 1.165) is 12.8 Å². The molecule has 1 aliphatic rings. The van der Waals surface area contributed by atoms with Crippen molar-refractivity contribution in [2.24, 2.45) is 0 Å². The number of hydrogen-bond acceptors (Lipinski definition) is 4. The number of rotatable bonds is 14. The number of hydrogen-bond donors (Lipinski definition) is 1. The molecule has 0 aliphatic carbocycles. The molecule has 4 nitrogen and oxygen atoms in total. The molecule has 1 saturated heterocycles. The van der Waals surface area contributed by atoms with Crippen LogP contribution in [0.2, 0.25) is 0 Å². The van der Waals surface area contributed by atoms with Gasteiger partial charge in [0.1, 0.15) is 6.61 Å². The lowest BCUT2D eigenvalue weighted by Gasteiger charge is -2.06. The van der Waals surface area contributed by atoms with E-state index in [1.807, 2.05) is 0 Å². The Morgan fingerprint density at radius 3 is 2.27 bits per heavy atom. The number of aliphatic hydroxyl groups excluding tert-OH is 1. The van der Waals surface area contributed by atoms with Crippen LogP contribution in [0.1, 0.15) is 84.5 Å². The predicted molar refractivity (Wildman–Crippen MR) is 87.8 cm³/mol. The van der Waals surface area contributed by atoms with Gasteiger partial charge in [-0.05, 0) is 26.2 Å². The van der Waals surface area contributed by atoms with Crippen LogP contribution in [0.5, 0.6) is 0 Å². The summed E-state index contributed by atoms with van der Waals surface area (Å²) < 4.78 is 10.6. The maximum absolute atomic E-state index is 11.3. The van der Waals surface area contributed by atoms with Crippen molar-refractivity contribution < 1.29 is 19.4 Å². The summed E-state index contributed by atoms with van der Waals surface area (Å²) in [6, 6.07) is 0. The first kappa shape index (κ1) is 19.4. The van der Waals surface area contributed by atoms with Crippen molar-refractivity contribution in [1.29, 1.82) is 0 Å². The van der Waals surface area contributed by atoms with Gasteiger partial charge in [-0.2, -0.15) is 0 Å². The number of unbranched alkanes of at least 4 members (excludes halogenated alkanes) is 6. The van der Waals surface area contributed by atoms with Gasteiger partial charge in [0.05, 0.1) is 18.3 Å². The minimum Gasteiger partial charge on any atom is -0.463 e. The molecule has 3 unspecified atom stereocenters. The van der Waals surface area contributed by atoms with E-state index in [4.69, 9.17) is 14.6 Å². The van der Waals surface area contributed by atoms with Crippen LogP contribution in [-0.4, -0.2) is 36.0 Å². The van der Waals surface area contributed by atoms with E-state index in [1.54, 1.807) is 6.92 Å². The van der Waals surface area contributed by atoms with Crippen LogP contribution < -0.4 is 0 Å². The number of carbonyl (C=O) groups is 1. The number of ether oxygens (including phenoxy) is 2. The molecule has 0 aromatic carbocycles. The molecular formula is C18H34O4. The molecule has 0 amide bonds. The molecule has 1 aliphatic heterocycles. The van der Waals surface area contributed by atoms with Gasteiger partial charge in [0, 0.05) is 6.42 Å². The molecule has 4 heteroatoms. The van der Waals surface area contributed by atoms with Crippen LogP contribution in [0.3, 0.4) is 0 Å². The molecule has 1 rings (SSSR count). The van der Waals surface area contributed by atoms with E-state index >= 15 is 0 Å². The van der Waals surface area contributed by atoms with Gasteiger partial charge >= 0.3 is 5.97 Å². The highest BCUT2D eigenvalue weighted by atomic mass is 16.6. The highest BCUT2D eigenvalue weighted by molar-refractivity contribution is 5.69. The number of epoxide rings is 1. The first-order chi connectivity index (χ1) is 10.6. The topological polar surface area (TPSA) is 59.1 Å². The Balaban J connectivity index is 1.80. The van der Waals surface area contributed by atoms with E-state index < -0.39 is 6.10 Å². The Morgan fingerprint density at radius 2 is 1.64 bits per heavy atom. The molecule has 1 heterocycles. The van der Waals surface area contributed by atoms with Crippen LogP contribution in [0, 0.1) is 0 Å². The molecule has 0 radical (unpaired) electrons. The Morgan fingerprint density at radius 1 is 1.05 bits per heavy atom. The fourth-order valence-electron chi connectivity index (χ4n) is 2.71. The van der Waals surface area contributed by atoms with Gasteiger partial charge < -0.3 is 14.6 Å². The normalized spacial score (nSPS) is 21.6. The van der Waals surface area contributed by atoms with Gasteiger partial charge in [-0.3, -0.25) is 4.79 Å². The van der Waals surface area contributed by atoms with E-state index in [1.165, 1.54) is 51.4 Å². The molecule has 0 aromatic rings. The molecule has 0 bridgehead atoms. The Kier molecular flexibility index (Phi) is 10.5. The minimum atomic E-state index is -0.570. The van der Waals surface area contributed by atoms with Gasteiger partial charge in [-0.1, -0.05) is 51.9 Å². The minimum absolute atomic E-state index is 0.111. The molecule has 130 valence electrons. The smallest absolute Gasteiger partial charge is 0.305 e. The molecular weight excluding hydrogens is 280 g/mol. The lowest BCUT2D eigenvalue weighted by Crippen LogP contribution is -2.14. The number of aliphatic hydroxyl groups is 1. The molecule has 0 spiro atoms. The van der Waals surface area contributed by atoms with Crippen LogP contribution in [0.15, 0.2) is 0 Å². The summed E-state index contributed by atoms with van der Waals surface area (Å²) in [5.74, 6) is -0.192. The quantitative estimate of drug-likeness (QED) is 0.299.